The van der Waals surface area contributed by atoms with E-state index in [1.807, 2.05) is 0 Å². The molecule has 1 fully saturated rings. The van der Waals surface area contributed by atoms with E-state index in [4.69, 9.17) is 9.57 Å². The van der Waals surface area contributed by atoms with E-state index in [9.17, 15) is 14.4 Å². The standard InChI is InChI=1S/C19H27N3O5/c1-13(20-18(25)27-19(2,3)4)12-26-21-17(24)14-7-9-15(10-8-14)22-11-5-6-16(22)23/h7-10,13H,5-6,11-12H2,1-4H3,(H,20,25)(H,21,24)/t13-/m1/s1. The summed E-state index contributed by atoms with van der Waals surface area (Å²) < 4.78 is 5.15. The third-order valence-electron chi connectivity index (χ3n) is 3.78. The first-order valence-electron chi connectivity index (χ1n) is 8.98. The first kappa shape index (κ1) is 20.7. The highest BCUT2D eigenvalue weighted by atomic mass is 16.7. The number of carbonyl (C=O) groups excluding carboxylic acids is 3. The van der Waals surface area contributed by atoms with Gasteiger partial charge in [-0.15, -0.1) is 0 Å². The molecule has 1 heterocycles. The highest BCUT2D eigenvalue weighted by Gasteiger charge is 2.22. The number of alkyl carbamates (subject to hydrolysis) is 1. The van der Waals surface area contributed by atoms with Gasteiger partial charge < -0.3 is 15.0 Å². The van der Waals surface area contributed by atoms with Crippen molar-refractivity contribution in [3.8, 4) is 0 Å². The van der Waals surface area contributed by atoms with Gasteiger partial charge in [-0.2, -0.15) is 0 Å². The Bertz CT molecular complexity index is 682. The number of rotatable bonds is 6. The summed E-state index contributed by atoms with van der Waals surface area (Å²) in [5.41, 5.74) is 2.96. The fourth-order valence-electron chi connectivity index (χ4n) is 2.56. The summed E-state index contributed by atoms with van der Waals surface area (Å²) in [4.78, 5) is 42.4. The lowest BCUT2D eigenvalue weighted by molar-refractivity contribution is -0.117. The molecular weight excluding hydrogens is 350 g/mol. The quantitative estimate of drug-likeness (QED) is 0.742. The predicted octanol–water partition coefficient (Wildman–Crippen LogP) is 2.39. The zero-order valence-electron chi connectivity index (χ0n) is 16.2. The van der Waals surface area contributed by atoms with Crippen LogP contribution < -0.4 is 15.7 Å². The number of benzene rings is 1. The van der Waals surface area contributed by atoms with E-state index < -0.39 is 17.6 Å². The smallest absolute Gasteiger partial charge is 0.407 e. The average Bonchev–Trinajstić information content (AvgIpc) is 2.99. The second-order valence-corrected chi connectivity index (χ2v) is 7.49. The van der Waals surface area contributed by atoms with Crippen molar-refractivity contribution in [1.29, 1.82) is 0 Å². The van der Waals surface area contributed by atoms with E-state index in [1.165, 1.54) is 0 Å². The number of nitrogens with one attached hydrogen (secondary N) is 2. The van der Waals surface area contributed by atoms with E-state index in [1.54, 1.807) is 56.9 Å². The second-order valence-electron chi connectivity index (χ2n) is 7.49. The van der Waals surface area contributed by atoms with Crippen LogP contribution in [0.1, 0.15) is 50.9 Å². The topological polar surface area (TPSA) is 97.0 Å². The third-order valence-corrected chi connectivity index (χ3v) is 3.78. The van der Waals surface area contributed by atoms with Crippen LogP contribution in [0.4, 0.5) is 10.5 Å². The zero-order valence-corrected chi connectivity index (χ0v) is 16.2. The summed E-state index contributed by atoms with van der Waals surface area (Å²) in [6.45, 7) is 7.86. The summed E-state index contributed by atoms with van der Waals surface area (Å²) in [6, 6.07) is 6.42. The second kappa shape index (κ2) is 8.85. The lowest BCUT2D eigenvalue weighted by Crippen LogP contribution is -2.41. The Balaban J connectivity index is 1.75. The molecule has 0 spiro atoms. The number of anilines is 1. The molecule has 0 aliphatic carbocycles. The molecule has 2 rings (SSSR count). The molecule has 8 heteroatoms. The number of hydrogen-bond acceptors (Lipinski definition) is 5. The van der Waals surface area contributed by atoms with Gasteiger partial charge in [0.05, 0.1) is 12.6 Å². The first-order valence-corrected chi connectivity index (χ1v) is 8.98. The molecule has 0 saturated carbocycles. The number of hydroxylamine groups is 1. The molecule has 1 aliphatic heterocycles. The number of amides is 3. The Morgan fingerprint density at radius 3 is 2.44 bits per heavy atom. The average molecular weight is 377 g/mol. The van der Waals surface area contributed by atoms with Crippen molar-refractivity contribution in [2.45, 2.75) is 52.2 Å². The molecule has 2 N–H and O–H groups in total. The van der Waals surface area contributed by atoms with E-state index in [-0.39, 0.29) is 18.6 Å². The Morgan fingerprint density at radius 1 is 1.22 bits per heavy atom. The molecule has 1 saturated heterocycles. The SMILES string of the molecule is C[C@H](CONC(=O)c1ccc(N2CCCC2=O)cc1)NC(=O)OC(C)(C)C. The zero-order chi connectivity index (χ0) is 20.0. The van der Waals surface area contributed by atoms with Crippen molar-refractivity contribution in [3.05, 3.63) is 29.8 Å². The molecule has 1 aromatic carbocycles. The van der Waals surface area contributed by atoms with Crippen molar-refractivity contribution in [3.63, 3.8) is 0 Å². The van der Waals surface area contributed by atoms with Crippen LogP contribution in [0.2, 0.25) is 0 Å². The van der Waals surface area contributed by atoms with Crippen LogP contribution in [-0.2, 0) is 14.4 Å². The van der Waals surface area contributed by atoms with Crippen LogP contribution in [-0.4, -0.2) is 42.7 Å². The lowest BCUT2D eigenvalue weighted by atomic mass is 10.2. The maximum Gasteiger partial charge on any atom is 0.407 e. The monoisotopic (exact) mass is 377 g/mol. The van der Waals surface area contributed by atoms with Crippen LogP contribution in [0.25, 0.3) is 0 Å². The summed E-state index contributed by atoms with van der Waals surface area (Å²) in [5, 5.41) is 2.62. The van der Waals surface area contributed by atoms with Crippen molar-refractivity contribution < 1.29 is 24.0 Å². The van der Waals surface area contributed by atoms with E-state index in [0.29, 0.717) is 18.5 Å². The Morgan fingerprint density at radius 2 is 1.89 bits per heavy atom. The molecule has 0 unspecified atom stereocenters. The molecule has 1 aliphatic rings. The molecule has 1 atom stereocenters. The minimum Gasteiger partial charge on any atom is -0.444 e. The van der Waals surface area contributed by atoms with Gasteiger partial charge in [-0.05, 0) is 58.4 Å². The molecule has 0 radical (unpaired) electrons. The molecular formula is C19H27N3O5. The molecule has 3 amide bonds. The van der Waals surface area contributed by atoms with Gasteiger partial charge in [0.15, 0.2) is 0 Å². The number of ether oxygens (including phenoxy) is 1. The first-order chi connectivity index (χ1) is 12.7. The van der Waals surface area contributed by atoms with Gasteiger partial charge in [-0.3, -0.25) is 14.4 Å². The van der Waals surface area contributed by atoms with Gasteiger partial charge in [-0.25, -0.2) is 10.3 Å². The fraction of sp³-hybridized carbons (Fsp3) is 0.526. The van der Waals surface area contributed by atoms with Gasteiger partial charge in [0.2, 0.25) is 5.91 Å². The van der Waals surface area contributed by atoms with Gasteiger partial charge in [0.25, 0.3) is 5.91 Å². The largest absolute Gasteiger partial charge is 0.444 e. The molecule has 148 valence electrons. The number of hydrogen-bond donors (Lipinski definition) is 2. The summed E-state index contributed by atoms with van der Waals surface area (Å²) in [5.74, 6) is -0.305. The molecule has 1 aromatic rings. The lowest BCUT2D eigenvalue weighted by Gasteiger charge is -2.21. The van der Waals surface area contributed by atoms with E-state index >= 15 is 0 Å². The van der Waals surface area contributed by atoms with E-state index in [0.717, 1.165) is 12.1 Å². The van der Waals surface area contributed by atoms with Crippen molar-refractivity contribution in [2.24, 2.45) is 0 Å². The van der Waals surface area contributed by atoms with Gasteiger partial charge >= 0.3 is 6.09 Å². The molecule has 8 nitrogen and oxygen atoms in total. The predicted molar refractivity (Wildman–Crippen MR) is 100 cm³/mol. The number of nitrogens with zero attached hydrogens (tertiary/aromatic N) is 1. The maximum atomic E-state index is 12.1. The minimum absolute atomic E-state index is 0.0886. The van der Waals surface area contributed by atoms with Crippen molar-refractivity contribution >= 4 is 23.6 Å². The summed E-state index contributed by atoms with van der Waals surface area (Å²) in [7, 11) is 0. The van der Waals surface area contributed by atoms with Crippen LogP contribution in [0.5, 0.6) is 0 Å². The van der Waals surface area contributed by atoms with Gasteiger partial charge in [-0.1, -0.05) is 0 Å². The van der Waals surface area contributed by atoms with Crippen LogP contribution in [0.15, 0.2) is 24.3 Å². The van der Waals surface area contributed by atoms with Crippen LogP contribution in [0.3, 0.4) is 0 Å². The Labute approximate surface area is 159 Å². The highest BCUT2D eigenvalue weighted by Crippen LogP contribution is 2.21. The van der Waals surface area contributed by atoms with E-state index in [2.05, 4.69) is 10.8 Å². The van der Waals surface area contributed by atoms with Crippen LogP contribution in [0, 0.1) is 0 Å². The fourth-order valence-corrected chi connectivity index (χ4v) is 2.56. The van der Waals surface area contributed by atoms with Gasteiger partial charge in [0, 0.05) is 24.2 Å². The summed E-state index contributed by atoms with van der Waals surface area (Å²) in [6.07, 6.45) is 0.868. The normalized spacial score (nSPS) is 15.4. The van der Waals surface area contributed by atoms with Gasteiger partial charge in [0.1, 0.15) is 5.60 Å². The maximum absolute atomic E-state index is 12.1. The minimum atomic E-state index is -0.579. The number of carbonyl (C=O) groups is 3. The highest BCUT2D eigenvalue weighted by molar-refractivity contribution is 5.97. The molecule has 0 aromatic heterocycles. The Hall–Kier alpha value is -2.61. The van der Waals surface area contributed by atoms with Crippen molar-refractivity contribution in [2.75, 3.05) is 18.1 Å². The summed E-state index contributed by atoms with van der Waals surface area (Å²) >= 11 is 0. The molecule has 0 bridgehead atoms. The molecule has 27 heavy (non-hydrogen) atoms. The third kappa shape index (κ3) is 6.56. The van der Waals surface area contributed by atoms with Crippen molar-refractivity contribution in [1.82, 2.24) is 10.8 Å². The Kier molecular flexibility index (Phi) is 6.79. The van der Waals surface area contributed by atoms with Crippen LogP contribution >= 0.6 is 0 Å².